The molecule has 104 valence electrons. The largest absolute Gasteiger partial charge is 0.493 e. The zero-order valence-electron chi connectivity index (χ0n) is 12.5. The Morgan fingerprint density at radius 3 is 2.00 bits per heavy atom. The highest BCUT2D eigenvalue weighted by Crippen LogP contribution is 2.32. The van der Waals surface area contributed by atoms with Crippen molar-refractivity contribution in [1.29, 1.82) is 0 Å². The molecular formula is C18H20O2. The highest BCUT2D eigenvalue weighted by molar-refractivity contribution is 5.79. The van der Waals surface area contributed by atoms with Crippen molar-refractivity contribution in [3.8, 4) is 11.5 Å². The minimum absolute atomic E-state index is 0.718. The number of benzene rings is 2. The maximum Gasteiger partial charge on any atom is 0.161 e. The summed E-state index contributed by atoms with van der Waals surface area (Å²) in [6.45, 7) is 8.42. The molecule has 0 saturated carbocycles. The van der Waals surface area contributed by atoms with Crippen LogP contribution in [-0.2, 0) is 0 Å². The Hall–Kier alpha value is -2.22. The van der Waals surface area contributed by atoms with Crippen molar-refractivity contribution in [2.24, 2.45) is 0 Å². The molecular weight excluding hydrogens is 248 g/mol. The summed E-state index contributed by atoms with van der Waals surface area (Å²) in [4.78, 5) is 0. The first-order valence-electron chi connectivity index (χ1n) is 6.55. The molecule has 0 amide bonds. The van der Waals surface area contributed by atoms with E-state index in [1.165, 1.54) is 11.1 Å². The summed E-state index contributed by atoms with van der Waals surface area (Å²) in [6, 6.07) is 12.2. The molecule has 2 heteroatoms. The van der Waals surface area contributed by atoms with Crippen molar-refractivity contribution in [3.05, 3.63) is 65.2 Å². The molecule has 0 aromatic heterocycles. The first-order chi connectivity index (χ1) is 9.56. The average Bonchev–Trinajstić information content (AvgIpc) is 2.48. The van der Waals surface area contributed by atoms with E-state index in [4.69, 9.17) is 9.47 Å². The number of aryl methyl sites for hydroxylation is 2. The van der Waals surface area contributed by atoms with Gasteiger partial charge in [0.15, 0.2) is 11.5 Å². The molecule has 0 fully saturated rings. The van der Waals surface area contributed by atoms with Crippen molar-refractivity contribution in [2.75, 3.05) is 14.2 Å². The van der Waals surface area contributed by atoms with E-state index in [2.05, 4.69) is 38.6 Å². The van der Waals surface area contributed by atoms with E-state index >= 15 is 0 Å². The molecule has 0 saturated heterocycles. The second-order valence-electron chi connectivity index (χ2n) is 4.85. The lowest BCUT2D eigenvalue weighted by Gasteiger charge is -2.12. The van der Waals surface area contributed by atoms with Crippen LogP contribution in [0.5, 0.6) is 11.5 Å². The first kappa shape index (κ1) is 14.2. The Kier molecular flexibility index (Phi) is 4.14. The summed E-state index contributed by atoms with van der Waals surface area (Å²) in [5.74, 6) is 1.44. The van der Waals surface area contributed by atoms with Crippen molar-refractivity contribution < 1.29 is 9.47 Å². The van der Waals surface area contributed by atoms with Gasteiger partial charge in [0.25, 0.3) is 0 Å². The van der Waals surface area contributed by atoms with Gasteiger partial charge in [-0.15, -0.1) is 0 Å². The Morgan fingerprint density at radius 2 is 1.40 bits per heavy atom. The maximum absolute atomic E-state index is 5.34. The summed E-state index contributed by atoms with van der Waals surface area (Å²) < 4.78 is 10.6. The molecule has 2 rings (SSSR count). The third-order valence-electron chi connectivity index (χ3n) is 3.59. The predicted octanol–water partition coefficient (Wildman–Crippen LogP) is 4.38. The van der Waals surface area contributed by atoms with Gasteiger partial charge in [0, 0.05) is 0 Å². The molecule has 2 aromatic carbocycles. The third kappa shape index (κ3) is 2.69. The molecule has 0 spiro atoms. The molecule has 0 unspecified atom stereocenters. The highest BCUT2D eigenvalue weighted by atomic mass is 16.5. The van der Waals surface area contributed by atoms with Crippen LogP contribution in [0.1, 0.15) is 22.3 Å². The minimum Gasteiger partial charge on any atom is -0.493 e. The lowest BCUT2D eigenvalue weighted by atomic mass is 9.96. The molecule has 0 aliphatic rings. The van der Waals surface area contributed by atoms with E-state index in [0.717, 1.165) is 28.2 Å². The molecule has 0 aliphatic heterocycles. The molecule has 20 heavy (non-hydrogen) atoms. The van der Waals surface area contributed by atoms with Crippen LogP contribution in [0.25, 0.3) is 5.57 Å². The number of rotatable bonds is 4. The van der Waals surface area contributed by atoms with Gasteiger partial charge < -0.3 is 9.47 Å². The highest BCUT2D eigenvalue weighted by Gasteiger charge is 2.08. The van der Waals surface area contributed by atoms with Gasteiger partial charge in [-0.3, -0.25) is 0 Å². The van der Waals surface area contributed by atoms with Gasteiger partial charge >= 0.3 is 0 Å². The van der Waals surface area contributed by atoms with Gasteiger partial charge in [-0.05, 0) is 53.8 Å². The van der Waals surface area contributed by atoms with Gasteiger partial charge in [-0.2, -0.15) is 0 Å². The number of ether oxygens (including phenoxy) is 2. The quantitative estimate of drug-likeness (QED) is 0.819. The van der Waals surface area contributed by atoms with Crippen LogP contribution in [0.3, 0.4) is 0 Å². The molecule has 2 nitrogen and oxygen atoms in total. The smallest absolute Gasteiger partial charge is 0.161 e. The number of hydrogen-bond donors (Lipinski definition) is 0. The summed E-state index contributed by atoms with van der Waals surface area (Å²) in [6.07, 6.45) is 0. The molecule has 0 aliphatic carbocycles. The topological polar surface area (TPSA) is 18.5 Å². The normalized spacial score (nSPS) is 10.2. The first-order valence-corrected chi connectivity index (χ1v) is 6.55. The SMILES string of the molecule is C=C(c1ccc(C)c(C)c1)c1ccc(OC)c(OC)c1. The van der Waals surface area contributed by atoms with E-state index < -0.39 is 0 Å². The fraction of sp³-hybridized carbons (Fsp3) is 0.222. The molecule has 2 aromatic rings. The minimum atomic E-state index is 0.718. The van der Waals surface area contributed by atoms with E-state index in [1.54, 1.807) is 14.2 Å². The van der Waals surface area contributed by atoms with E-state index in [0.29, 0.717) is 0 Å². The summed E-state index contributed by atoms with van der Waals surface area (Å²) >= 11 is 0. The summed E-state index contributed by atoms with van der Waals surface area (Å²) in [7, 11) is 3.27. The zero-order chi connectivity index (χ0) is 14.7. The second kappa shape index (κ2) is 5.83. The number of methoxy groups -OCH3 is 2. The van der Waals surface area contributed by atoms with Gasteiger partial charge in [0.1, 0.15) is 0 Å². The number of hydrogen-bond acceptors (Lipinski definition) is 2. The lowest BCUT2D eigenvalue weighted by Crippen LogP contribution is -1.93. The van der Waals surface area contributed by atoms with Crippen molar-refractivity contribution >= 4 is 5.57 Å². The standard InChI is InChI=1S/C18H20O2/c1-12-6-7-15(10-13(12)2)14(3)16-8-9-17(19-4)18(11-16)20-5/h6-11H,3H2,1-2,4-5H3. The Morgan fingerprint density at radius 1 is 0.800 bits per heavy atom. The summed E-state index contributed by atoms with van der Waals surface area (Å²) in [5.41, 5.74) is 5.69. The Labute approximate surface area is 120 Å². The molecule has 0 heterocycles. The fourth-order valence-electron chi connectivity index (χ4n) is 2.12. The molecule has 0 radical (unpaired) electrons. The van der Waals surface area contributed by atoms with Crippen molar-refractivity contribution in [1.82, 2.24) is 0 Å². The van der Waals surface area contributed by atoms with Crippen LogP contribution in [0, 0.1) is 13.8 Å². The van der Waals surface area contributed by atoms with Gasteiger partial charge in [0.2, 0.25) is 0 Å². The van der Waals surface area contributed by atoms with Crippen LogP contribution < -0.4 is 9.47 Å². The zero-order valence-corrected chi connectivity index (χ0v) is 12.5. The maximum atomic E-state index is 5.34. The van der Waals surface area contributed by atoms with E-state index in [1.807, 2.05) is 18.2 Å². The Bertz CT molecular complexity index is 642. The van der Waals surface area contributed by atoms with Gasteiger partial charge in [-0.25, -0.2) is 0 Å². The predicted molar refractivity (Wildman–Crippen MR) is 83.6 cm³/mol. The van der Waals surface area contributed by atoms with E-state index in [9.17, 15) is 0 Å². The summed E-state index contributed by atoms with van der Waals surface area (Å²) in [5, 5.41) is 0. The monoisotopic (exact) mass is 268 g/mol. The van der Waals surface area contributed by atoms with Crippen LogP contribution in [0.2, 0.25) is 0 Å². The van der Waals surface area contributed by atoms with Crippen LogP contribution in [0.4, 0.5) is 0 Å². The van der Waals surface area contributed by atoms with E-state index in [-0.39, 0.29) is 0 Å². The van der Waals surface area contributed by atoms with Crippen LogP contribution in [0.15, 0.2) is 43.0 Å². The molecule has 0 bridgehead atoms. The Balaban J connectivity index is 2.40. The average molecular weight is 268 g/mol. The third-order valence-corrected chi connectivity index (χ3v) is 3.59. The molecule has 0 atom stereocenters. The molecule has 0 N–H and O–H groups in total. The second-order valence-corrected chi connectivity index (χ2v) is 4.85. The van der Waals surface area contributed by atoms with Crippen LogP contribution >= 0.6 is 0 Å². The van der Waals surface area contributed by atoms with Crippen LogP contribution in [-0.4, -0.2) is 14.2 Å². The van der Waals surface area contributed by atoms with Crippen molar-refractivity contribution in [3.63, 3.8) is 0 Å². The lowest BCUT2D eigenvalue weighted by molar-refractivity contribution is 0.355. The van der Waals surface area contributed by atoms with Gasteiger partial charge in [0.05, 0.1) is 14.2 Å². The fourth-order valence-corrected chi connectivity index (χ4v) is 2.12. The van der Waals surface area contributed by atoms with Gasteiger partial charge in [-0.1, -0.05) is 30.8 Å². The van der Waals surface area contributed by atoms with Crippen molar-refractivity contribution in [2.45, 2.75) is 13.8 Å².